The minimum absolute atomic E-state index is 0.546. The fourth-order valence-corrected chi connectivity index (χ4v) is 3.54. The summed E-state index contributed by atoms with van der Waals surface area (Å²) in [6.45, 7) is 1.40. The van der Waals surface area contributed by atoms with Crippen molar-refractivity contribution in [1.29, 1.82) is 0 Å². The molecule has 0 saturated heterocycles. The van der Waals surface area contributed by atoms with Gasteiger partial charge < -0.3 is 15.0 Å². The van der Waals surface area contributed by atoms with Gasteiger partial charge in [-0.3, -0.25) is 0 Å². The third kappa shape index (κ3) is 3.93. The molecule has 3 aromatic carbocycles. The number of nitrogens with zero attached hydrogens (tertiary/aromatic N) is 4. The Kier molecular flexibility index (Phi) is 4.96. The molecule has 0 unspecified atom stereocenters. The highest BCUT2D eigenvalue weighted by Crippen LogP contribution is 2.32. The zero-order valence-corrected chi connectivity index (χ0v) is 16.4. The highest BCUT2D eigenvalue weighted by molar-refractivity contribution is 5.66. The SMILES string of the molecule is c1ccc(COc2ccc(Nc3cnnc(N4CCc5ccccc54)n3)cc2)cc1. The summed E-state index contributed by atoms with van der Waals surface area (Å²) in [4.78, 5) is 6.76. The van der Waals surface area contributed by atoms with E-state index in [-0.39, 0.29) is 0 Å². The highest BCUT2D eigenvalue weighted by atomic mass is 16.5. The molecule has 148 valence electrons. The first-order valence-corrected chi connectivity index (χ1v) is 9.94. The molecule has 30 heavy (non-hydrogen) atoms. The lowest BCUT2D eigenvalue weighted by molar-refractivity contribution is 0.306. The fourth-order valence-electron chi connectivity index (χ4n) is 3.54. The second kappa shape index (κ2) is 8.21. The van der Waals surface area contributed by atoms with Gasteiger partial charge in [0.1, 0.15) is 12.4 Å². The number of para-hydroxylation sites is 1. The summed E-state index contributed by atoms with van der Waals surface area (Å²) in [7, 11) is 0. The molecule has 1 aliphatic heterocycles. The van der Waals surface area contributed by atoms with Crippen LogP contribution in [0.15, 0.2) is 85.1 Å². The van der Waals surface area contributed by atoms with E-state index in [1.54, 1.807) is 6.20 Å². The predicted octanol–water partition coefficient (Wildman–Crippen LogP) is 4.89. The van der Waals surface area contributed by atoms with Gasteiger partial charge in [-0.15, -0.1) is 5.10 Å². The van der Waals surface area contributed by atoms with Crippen LogP contribution in [0.25, 0.3) is 0 Å². The van der Waals surface area contributed by atoms with Crippen LogP contribution in [0, 0.1) is 0 Å². The Bertz CT molecular complexity index is 1130. The average molecular weight is 395 g/mol. The molecule has 0 amide bonds. The summed E-state index contributed by atoms with van der Waals surface area (Å²) in [5.41, 5.74) is 4.51. The number of hydrogen-bond donors (Lipinski definition) is 1. The van der Waals surface area contributed by atoms with Crippen LogP contribution >= 0.6 is 0 Å². The van der Waals surface area contributed by atoms with Crippen molar-refractivity contribution in [3.8, 4) is 5.75 Å². The van der Waals surface area contributed by atoms with Crippen molar-refractivity contribution in [2.45, 2.75) is 13.0 Å². The number of hydrogen-bond acceptors (Lipinski definition) is 6. The smallest absolute Gasteiger partial charge is 0.251 e. The maximum atomic E-state index is 5.84. The Morgan fingerprint density at radius 2 is 1.70 bits per heavy atom. The van der Waals surface area contributed by atoms with Crippen molar-refractivity contribution in [2.75, 3.05) is 16.8 Å². The second-order valence-electron chi connectivity index (χ2n) is 7.10. The van der Waals surface area contributed by atoms with Gasteiger partial charge in [0.15, 0.2) is 5.82 Å². The summed E-state index contributed by atoms with van der Waals surface area (Å²) in [6, 6.07) is 26.3. The van der Waals surface area contributed by atoms with E-state index >= 15 is 0 Å². The van der Waals surface area contributed by atoms with E-state index in [2.05, 4.69) is 43.6 Å². The van der Waals surface area contributed by atoms with E-state index in [0.29, 0.717) is 18.4 Å². The fraction of sp³-hybridized carbons (Fsp3) is 0.125. The van der Waals surface area contributed by atoms with Crippen molar-refractivity contribution < 1.29 is 4.74 Å². The van der Waals surface area contributed by atoms with Gasteiger partial charge in [0.25, 0.3) is 5.95 Å². The van der Waals surface area contributed by atoms with Crippen LogP contribution in [0.5, 0.6) is 5.75 Å². The first-order chi connectivity index (χ1) is 14.8. The predicted molar refractivity (Wildman–Crippen MR) is 117 cm³/mol. The lowest BCUT2D eigenvalue weighted by atomic mass is 10.2. The molecule has 2 heterocycles. The summed E-state index contributed by atoms with van der Waals surface area (Å²) >= 11 is 0. The van der Waals surface area contributed by atoms with Crippen LogP contribution < -0.4 is 15.0 Å². The summed E-state index contributed by atoms with van der Waals surface area (Å²) in [6.07, 6.45) is 2.62. The maximum Gasteiger partial charge on any atom is 0.251 e. The number of anilines is 4. The molecule has 6 heteroatoms. The third-order valence-corrected chi connectivity index (χ3v) is 5.05. The molecule has 0 spiro atoms. The molecule has 5 rings (SSSR count). The minimum atomic E-state index is 0.546. The standard InChI is InChI=1S/C24H21N5O/c1-2-6-18(7-3-1)17-30-21-12-10-20(11-13-21)26-23-16-25-28-24(27-23)29-15-14-19-8-4-5-9-22(19)29/h1-13,16H,14-15,17H2,(H,26,27,28). The van der Waals surface area contributed by atoms with Crippen molar-refractivity contribution in [3.05, 3.63) is 96.2 Å². The molecule has 0 fully saturated rings. The van der Waals surface area contributed by atoms with Crippen molar-refractivity contribution in [3.63, 3.8) is 0 Å². The molecule has 0 saturated carbocycles. The summed E-state index contributed by atoms with van der Waals surface area (Å²) < 4.78 is 5.84. The topological polar surface area (TPSA) is 63.2 Å². The molecule has 0 bridgehead atoms. The van der Waals surface area contributed by atoms with Gasteiger partial charge in [0.05, 0.1) is 6.20 Å². The van der Waals surface area contributed by atoms with E-state index in [1.807, 2.05) is 60.7 Å². The van der Waals surface area contributed by atoms with Crippen LogP contribution in [0.4, 0.5) is 23.1 Å². The van der Waals surface area contributed by atoms with E-state index in [4.69, 9.17) is 4.74 Å². The number of rotatable bonds is 6. The zero-order chi connectivity index (χ0) is 20.2. The van der Waals surface area contributed by atoms with Crippen LogP contribution in [0.3, 0.4) is 0 Å². The molecular weight excluding hydrogens is 374 g/mol. The number of ether oxygens (including phenoxy) is 1. The molecule has 0 atom stereocenters. The Hall–Kier alpha value is -3.93. The van der Waals surface area contributed by atoms with Crippen molar-refractivity contribution in [2.24, 2.45) is 0 Å². The van der Waals surface area contributed by atoms with Crippen LogP contribution in [-0.2, 0) is 13.0 Å². The Morgan fingerprint density at radius 3 is 2.57 bits per heavy atom. The van der Waals surface area contributed by atoms with Gasteiger partial charge in [-0.1, -0.05) is 48.5 Å². The average Bonchev–Trinajstić information content (AvgIpc) is 3.24. The van der Waals surface area contributed by atoms with Gasteiger partial charge >= 0.3 is 0 Å². The summed E-state index contributed by atoms with van der Waals surface area (Å²) in [5.74, 6) is 2.08. The third-order valence-electron chi connectivity index (χ3n) is 5.05. The highest BCUT2D eigenvalue weighted by Gasteiger charge is 2.22. The van der Waals surface area contributed by atoms with E-state index in [1.165, 1.54) is 5.56 Å². The van der Waals surface area contributed by atoms with Crippen LogP contribution in [0.1, 0.15) is 11.1 Å². The lowest BCUT2D eigenvalue weighted by Gasteiger charge is -2.17. The van der Waals surface area contributed by atoms with Gasteiger partial charge in [-0.25, -0.2) is 0 Å². The molecule has 1 aliphatic rings. The zero-order valence-electron chi connectivity index (χ0n) is 16.4. The Balaban J connectivity index is 1.26. The first-order valence-electron chi connectivity index (χ1n) is 9.94. The Labute approximate surface area is 175 Å². The minimum Gasteiger partial charge on any atom is -0.489 e. The van der Waals surface area contributed by atoms with Gasteiger partial charge in [0, 0.05) is 17.9 Å². The lowest BCUT2D eigenvalue weighted by Crippen LogP contribution is -2.17. The second-order valence-corrected chi connectivity index (χ2v) is 7.10. The van der Waals surface area contributed by atoms with Crippen molar-refractivity contribution in [1.82, 2.24) is 15.2 Å². The molecule has 0 aliphatic carbocycles. The quantitative estimate of drug-likeness (QED) is 0.502. The number of benzene rings is 3. The number of aromatic nitrogens is 3. The molecular formula is C24H21N5O. The maximum absolute atomic E-state index is 5.84. The molecule has 4 aromatic rings. The molecule has 0 radical (unpaired) electrons. The van der Waals surface area contributed by atoms with E-state index in [9.17, 15) is 0 Å². The molecule has 1 aromatic heterocycles. The number of fused-ring (bicyclic) bond motifs is 1. The number of nitrogens with one attached hydrogen (secondary N) is 1. The van der Waals surface area contributed by atoms with Crippen LogP contribution in [0.2, 0.25) is 0 Å². The normalized spacial score (nSPS) is 12.5. The monoisotopic (exact) mass is 395 g/mol. The molecule has 6 nitrogen and oxygen atoms in total. The van der Waals surface area contributed by atoms with Gasteiger partial charge in [-0.05, 0) is 47.9 Å². The molecule has 1 N–H and O–H groups in total. The van der Waals surface area contributed by atoms with Gasteiger partial charge in [0.2, 0.25) is 0 Å². The first kappa shape index (κ1) is 18.1. The van der Waals surface area contributed by atoms with E-state index < -0.39 is 0 Å². The van der Waals surface area contributed by atoms with E-state index in [0.717, 1.165) is 35.7 Å². The summed E-state index contributed by atoms with van der Waals surface area (Å²) in [5, 5.41) is 11.7. The Morgan fingerprint density at radius 1 is 0.900 bits per heavy atom. The largest absolute Gasteiger partial charge is 0.489 e. The van der Waals surface area contributed by atoms with Crippen LogP contribution in [-0.4, -0.2) is 21.7 Å². The van der Waals surface area contributed by atoms with Gasteiger partial charge in [-0.2, -0.15) is 10.1 Å². The van der Waals surface area contributed by atoms with Crippen molar-refractivity contribution >= 4 is 23.1 Å².